The van der Waals surface area contributed by atoms with Crippen LogP contribution >= 0.6 is 22.7 Å². The van der Waals surface area contributed by atoms with Crippen LogP contribution in [0.1, 0.15) is 29.7 Å². The molecular formula is C16H16N4O6S3. The number of fused-ring (bicyclic) bond motifs is 1. The Morgan fingerprint density at radius 1 is 1.38 bits per heavy atom. The second kappa shape index (κ2) is 6.78. The van der Waals surface area contributed by atoms with Crippen molar-refractivity contribution in [2.75, 3.05) is 0 Å². The van der Waals surface area contributed by atoms with E-state index in [0.717, 1.165) is 20.5 Å². The summed E-state index contributed by atoms with van der Waals surface area (Å²) in [6.07, 6.45) is 1.84. The van der Waals surface area contributed by atoms with Crippen molar-refractivity contribution < 1.29 is 17.9 Å². The number of thiophene rings is 1. The van der Waals surface area contributed by atoms with Gasteiger partial charge in [0.05, 0.1) is 16.9 Å². The van der Waals surface area contributed by atoms with Gasteiger partial charge in [-0.05, 0) is 32.8 Å². The van der Waals surface area contributed by atoms with Crippen LogP contribution in [-0.4, -0.2) is 34.6 Å². The average Bonchev–Trinajstić information content (AvgIpc) is 3.02. The predicted molar refractivity (Wildman–Crippen MR) is 107 cm³/mol. The fraction of sp³-hybridized carbons (Fsp3) is 0.375. The van der Waals surface area contributed by atoms with E-state index in [1.807, 2.05) is 11.6 Å². The topological polar surface area (TPSA) is 140 Å². The standard InChI is InChI=1S/C16H16N4O6S3/c1-8-17-6-9(27-8)7-20-13(21)10-5-11(28-12(10)18-14(20)22)29(24,25)19-15(23)26-16(2)3-4-16/h5-6H,3-4,7H2,1-2H3,(H,18,22)(H,19,23). The molecule has 4 rings (SSSR count). The van der Waals surface area contributed by atoms with E-state index in [-0.39, 0.29) is 21.0 Å². The molecule has 0 bridgehead atoms. The summed E-state index contributed by atoms with van der Waals surface area (Å²) in [6.45, 7) is 3.54. The zero-order valence-electron chi connectivity index (χ0n) is 15.3. The van der Waals surface area contributed by atoms with Crippen molar-refractivity contribution in [2.24, 2.45) is 0 Å². The van der Waals surface area contributed by atoms with Crippen molar-refractivity contribution in [3.05, 3.63) is 43.0 Å². The summed E-state index contributed by atoms with van der Waals surface area (Å²) in [4.78, 5) is 44.4. The number of nitrogens with zero attached hydrogens (tertiary/aromatic N) is 2. The highest BCUT2D eigenvalue weighted by atomic mass is 32.2. The molecule has 0 unspecified atom stereocenters. The highest BCUT2D eigenvalue weighted by molar-refractivity contribution is 7.92. The number of aryl methyl sites for hydroxylation is 1. The number of H-pyrrole nitrogens is 1. The van der Waals surface area contributed by atoms with Crippen LogP contribution in [0.25, 0.3) is 10.2 Å². The van der Waals surface area contributed by atoms with Gasteiger partial charge in [0.1, 0.15) is 14.6 Å². The summed E-state index contributed by atoms with van der Waals surface area (Å²) in [7, 11) is -4.25. The molecule has 0 aliphatic heterocycles. The molecule has 1 amide bonds. The molecule has 0 spiro atoms. The maximum Gasteiger partial charge on any atom is 0.421 e. The van der Waals surface area contributed by atoms with Gasteiger partial charge < -0.3 is 4.74 Å². The number of amides is 1. The Morgan fingerprint density at radius 2 is 2.10 bits per heavy atom. The first-order valence-corrected chi connectivity index (χ1v) is 11.6. The lowest BCUT2D eigenvalue weighted by Gasteiger charge is -2.11. The molecule has 3 aromatic rings. The average molecular weight is 457 g/mol. The number of carbonyl (C=O) groups excluding carboxylic acids is 1. The van der Waals surface area contributed by atoms with Crippen LogP contribution < -0.4 is 16.0 Å². The second-order valence-corrected chi connectivity index (χ2v) is 11.2. The molecule has 2 N–H and O–H groups in total. The Labute approximate surface area is 172 Å². The van der Waals surface area contributed by atoms with Gasteiger partial charge in [-0.25, -0.2) is 27.7 Å². The summed E-state index contributed by atoms with van der Waals surface area (Å²) < 4.78 is 32.6. The van der Waals surface area contributed by atoms with Crippen LogP contribution in [0.3, 0.4) is 0 Å². The molecule has 1 saturated carbocycles. The zero-order valence-corrected chi connectivity index (χ0v) is 17.8. The molecule has 0 radical (unpaired) electrons. The highest BCUT2D eigenvalue weighted by Gasteiger charge is 2.42. The Morgan fingerprint density at radius 3 is 2.72 bits per heavy atom. The Hall–Kier alpha value is -2.51. The molecule has 1 aliphatic rings. The van der Waals surface area contributed by atoms with Crippen molar-refractivity contribution in [3.63, 3.8) is 0 Å². The minimum Gasteiger partial charge on any atom is -0.443 e. The molecule has 0 aromatic carbocycles. The van der Waals surface area contributed by atoms with Crippen molar-refractivity contribution in [3.8, 4) is 0 Å². The molecule has 29 heavy (non-hydrogen) atoms. The third kappa shape index (κ3) is 3.97. The monoisotopic (exact) mass is 456 g/mol. The van der Waals surface area contributed by atoms with Gasteiger partial charge in [-0.3, -0.25) is 14.3 Å². The number of hydrogen-bond donors (Lipinski definition) is 2. The third-order valence-electron chi connectivity index (χ3n) is 4.41. The molecule has 10 nitrogen and oxygen atoms in total. The van der Waals surface area contributed by atoms with E-state index in [1.165, 1.54) is 11.3 Å². The van der Waals surface area contributed by atoms with Crippen molar-refractivity contribution in [1.29, 1.82) is 0 Å². The number of nitrogens with one attached hydrogen (secondary N) is 2. The van der Waals surface area contributed by atoms with Gasteiger partial charge in [-0.15, -0.1) is 22.7 Å². The summed E-state index contributed by atoms with van der Waals surface area (Å²) >= 11 is 2.04. The SMILES string of the molecule is Cc1ncc(Cn2c(=O)[nH]c3sc(S(=O)(=O)NC(=O)OC4(C)CC4)cc3c2=O)s1. The number of ether oxygens (including phenoxy) is 1. The second-order valence-electron chi connectivity index (χ2n) is 6.92. The number of hydrogen-bond acceptors (Lipinski definition) is 9. The van der Waals surface area contributed by atoms with Gasteiger partial charge in [-0.2, -0.15) is 0 Å². The molecule has 3 heterocycles. The largest absolute Gasteiger partial charge is 0.443 e. The summed E-state index contributed by atoms with van der Waals surface area (Å²) in [5, 5.41) is 0.839. The molecule has 0 atom stereocenters. The van der Waals surface area contributed by atoms with Crippen LogP contribution in [0.5, 0.6) is 0 Å². The quantitative estimate of drug-likeness (QED) is 0.593. The summed E-state index contributed by atoms with van der Waals surface area (Å²) in [5.74, 6) is 0. The normalized spacial score (nSPS) is 15.4. The first-order valence-electron chi connectivity index (χ1n) is 8.50. The van der Waals surface area contributed by atoms with E-state index in [0.29, 0.717) is 24.2 Å². The Kier molecular flexibility index (Phi) is 4.63. The molecular weight excluding hydrogens is 440 g/mol. The van der Waals surface area contributed by atoms with Gasteiger partial charge >= 0.3 is 11.8 Å². The van der Waals surface area contributed by atoms with E-state index < -0.39 is 33.0 Å². The molecule has 1 fully saturated rings. The van der Waals surface area contributed by atoms with Crippen LogP contribution in [0.15, 0.2) is 26.1 Å². The van der Waals surface area contributed by atoms with Crippen LogP contribution in [-0.2, 0) is 21.3 Å². The van der Waals surface area contributed by atoms with Crippen LogP contribution in [0, 0.1) is 6.92 Å². The van der Waals surface area contributed by atoms with Gasteiger partial charge in [-0.1, -0.05) is 0 Å². The van der Waals surface area contributed by atoms with Crippen molar-refractivity contribution in [1.82, 2.24) is 19.3 Å². The zero-order chi connectivity index (χ0) is 21.0. The van der Waals surface area contributed by atoms with Gasteiger partial charge in [0.2, 0.25) is 0 Å². The van der Waals surface area contributed by atoms with E-state index in [2.05, 4.69) is 9.97 Å². The minimum atomic E-state index is -4.25. The number of thiazole rings is 1. The van der Waals surface area contributed by atoms with Gasteiger partial charge in [0.15, 0.2) is 0 Å². The molecule has 154 valence electrons. The lowest BCUT2D eigenvalue weighted by Crippen LogP contribution is -2.34. The third-order valence-corrected chi connectivity index (χ3v) is 8.14. The predicted octanol–water partition coefficient (Wildman–Crippen LogP) is 1.53. The fourth-order valence-electron chi connectivity index (χ4n) is 2.62. The lowest BCUT2D eigenvalue weighted by molar-refractivity contribution is 0.0987. The van der Waals surface area contributed by atoms with Gasteiger partial charge in [0.25, 0.3) is 15.6 Å². The maximum atomic E-state index is 12.7. The molecule has 1 aliphatic carbocycles. The van der Waals surface area contributed by atoms with Gasteiger partial charge in [0, 0.05) is 11.1 Å². The fourth-order valence-corrected chi connectivity index (χ4v) is 5.62. The molecule has 13 heteroatoms. The van der Waals surface area contributed by atoms with Crippen LogP contribution in [0.4, 0.5) is 4.79 Å². The number of aromatic amines is 1. The number of sulfonamides is 1. The molecule has 0 saturated heterocycles. The maximum absolute atomic E-state index is 12.7. The van der Waals surface area contributed by atoms with E-state index >= 15 is 0 Å². The van der Waals surface area contributed by atoms with Crippen molar-refractivity contribution in [2.45, 2.75) is 43.0 Å². The van der Waals surface area contributed by atoms with E-state index in [1.54, 1.807) is 13.1 Å². The Balaban J connectivity index is 1.66. The molecule has 3 aromatic heterocycles. The highest BCUT2D eigenvalue weighted by Crippen LogP contribution is 2.38. The smallest absolute Gasteiger partial charge is 0.421 e. The Bertz CT molecular complexity index is 1340. The van der Waals surface area contributed by atoms with E-state index in [4.69, 9.17) is 4.74 Å². The summed E-state index contributed by atoms with van der Waals surface area (Å²) in [5.41, 5.74) is -1.91. The number of aromatic nitrogens is 3. The number of carbonyl (C=O) groups is 1. The first kappa shape index (κ1) is 19.8. The minimum absolute atomic E-state index is 0.0245. The van der Waals surface area contributed by atoms with Crippen LogP contribution in [0.2, 0.25) is 0 Å². The van der Waals surface area contributed by atoms with Crippen molar-refractivity contribution >= 4 is 49.0 Å². The number of rotatable bonds is 5. The first-order chi connectivity index (χ1) is 13.6. The van der Waals surface area contributed by atoms with E-state index in [9.17, 15) is 22.8 Å². The lowest BCUT2D eigenvalue weighted by atomic mass is 10.4. The summed E-state index contributed by atoms with van der Waals surface area (Å²) in [6, 6.07) is 1.14.